The summed E-state index contributed by atoms with van der Waals surface area (Å²) < 4.78 is 25.7. The van der Waals surface area contributed by atoms with E-state index in [2.05, 4.69) is 4.98 Å². The normalized spacial score (nSPS) is 13.7. The summed E-state index contributed by atoms with van der Waals surface area (Å²) in [6.45, 7) is 4.72. The molecule has 0 aromatic carbocycles. The van der Waals surface area contributed by atoms with E-state index in [1.807, 2.05) is 0 Å². The first kappa shape index (κ1) is 15.6. The number of nitrogens with zero attached hydrogens (tertiary/aromatic N) is 2. The minimum absolute atomic E-state index is 0.117. The molecule has 1 N–H and O–H groups in total. The molecule has 1 aromatic heterocycles. The Kier molecular flexibility index (Phi) is 5.02. The van der Waals surface area contributed by atoms with Crippen LogP contribution in [0.15, 0.2) is 24.5 Å². The zero-order valence-corrected chi connectivity index (χ0v) is 12.0. The monoisotopic (exact) mass is 286 g/mol. The van der Waals surface area contributed by atoms with Gasteiger partial charge in [-0.15, -0.1) is 0 Å². The fraction of sp³-hybridized carbons (Fsp3) is 0.500. The van der Waals surface area contributed by atoms with Gasteiger partial charge in [-0.3, -0.25) is 9.78 Å². The number of hydrogen-bond donors (Lipinski definition) is 1. The zero-order valence-electron chi connectivity index (χ0n) is 11.1. The summed E-state index contributed by atoms with van der Waals surface area (Å²) in [5.41, 5.74) is 0.720. The number of carboxylic acid groups (broad SMARTS) is 1. The molecule has 1 heterocycles. The van der Waals surface area contributed by atoms with Crippen LogP contribution in [0.3, 0.4) is 0 Å². The van der Waals surface area contributed by atoms with Crippen molar-refractivity contribution in [2.75, 3.05) is 0 Å². The molecule has 0 aliphatic rings. The van der Waals surface area contributed by atoms with E-state index in [1.165, 1.54) is 11.2 Å². The summed E-state index contributed by atoms with van der Waals surface area (Å²) in [5.74, 6) is -1.35. The molecule has 1 atom stereocenters. The topological polar surface area (TPSA) is 87.6 Å². The minimum Gasteiger partial charge on any atom is -0.480 e. The van der Waals surface area contributed by atoms with Gasteiger partial charge in [0.25, 0.3) is 0 Å². The van der Waals surface area contributed by atoms with Gasteiger partial charge in [0.15, 0.2) is 5.25 Å². The predicted octanol–water partition coefficient (Wildman–Crippen LogP) is 1.09. The van der Waals surface area contributed by atoms with Crippen molar-refractivity contribution in [1.29, 1.82) is 0 Å². The average molecular weight is 286 g/mol. The van der Waals surface area contributed by atoms with E-state index in [0.717, 1.165) is 5.56 Å². The molecule has 0 spiro atoms. The molecule has 0 bridgehead atoms. The van der Waals surface area contributed by atoms with Gasteiger partial charge in [-0.25, -0.2) is 8.42 Å². The lowest BCUT2D eigenvalue weighted by molar-refractivity contribution is -0.136. The molecule has 1 rings (SSSR count). The van der Waals surface area contributed by atoms with E-state index < -0.39 is 21.2 Å². The van der Waals surface area contributed by atoms with E-state index >= 15 is 0 Å². The van der Waals surface area contributed by atoms with Crippen LogP contribution in [0.25, 0.3) is 0 Å². The Hall–Kier alpha value is -1.47. The summed E-state index contributed by atoms with van der Waals surface area (Å²) >= 11 is 0. The molecule has 0 amide bonds. The summed E-state index contributed by atoms with van der Waals surface area (Å²) in [5, 5.41) is 7.43. The second-order valence-corrected chi connectivity index (χ2v) is 6.73. The first-order chi connectivity index (χ1) is 8.76. The Balaban J connectivity index is 3.05. The highest BCUT2D eigenvalue weighted by atomic mass is 32.2. The van der Waals surface area contributed by atoms with Gasteiger partial charge in [-0.05, 0) is 32.4 Å². The van der Waals surface area contributed by atoms with Crippen molar-refractivity contribution < 1.29 is 18.3 Å². The van der Waals surface area contributed by atoms with Crippen molar-refractivity contribution in [2.45, 2.75) is 38.6 Å². The molecular weight excluding hydrogens is 268 g/mol. The van der Waals surface area contributed by atoms with E-state index in [1.54, 1.807) is 38.4 Å². The molecule has 0 saturated carbocycles. The van der Waals surface area contributed by atoms with Gasteiger partial charge in [0.1, 0.15) is 0 Å². The fourth-order valence-corrected chi connectivity index (χ4v) is 3.15. The highest BCUT2D eigenvalue weighted by molar-refractivity contribution is 7.90. The van der Waals surface area contributed by atoms with Crippen molar-refractivity contribution in [3.8, 4) is 0 Å². The van der Waals surface area contributed by atoms with Crippen molar-refractivity contribution in [2.24, 2.45) is 0 Å². The van der Waals surface area contributed by atoms with Crippen LogP contribution < -0.4 is 0 Å². The number of sulfonamides is 1. The van der Waals surface area contributed by atoms with E-state index in [4.69, 9.17) is 5.11 Å². The number of aliphatic carboxylic acids is 1. The molecule has 0 aliphatic heterocycles. The Morgan fingerprint density at radius 2 is 2.05 bits per heavy atom. The standard InChI is InChI=1S/C12H18N2O4S/c1-9(2)14(8-11-5-4-6-13-7-11)19(17,18)10(3)12(15)16/h4-7,9-10H,8H2,1-3H3,(H,15,16). The lowest BCUT2D eigenvalue weighted by Crippen LogP contribution is -2.44. The van der Waals surface area contributed by atoms with Crippen molar-refractivity contribution >= 4 is 16.0 Å². The highest BCUT2D eigenvalue weighted by Gasteiger charge is 2.35. The van der Waals surface area contributed by atoms with Gasteiger partial charge in [0, 0.05) is 25.0 Å². The van der Waals surface area contributed by atoms with E-state index in [0.29, 0.717) is 0 Å². The minimum atomic E-state index is -3.89. The number of pyridine rings is 1. The van der Waals surface area contributed by atoms with Crippen LogP contribution in [0.4, 0.5) is 0 Å². The van der Waals surface area contributed by atoms with Crippen LogP contribution >= 0.6 is 0 Å². The molecule has 0 saturated heterocycles. The number of carbonyl (C=O) groups is 1. The van der Waals surface area contributed by atoms with Gasteiger partial charge < -0.3 is 5.11 Å². The van der Waals surface area contributed by atoms with Crippen LogP contribution in [0, 0.1) is 0 Å². The van der Waals surface area contributed by atoms with Crippen LogP contribution in [-0.4, -0.2) is 40.1 Å². The summed E-state index contributed by atoms with van der Waals surface area (Å²) in [7, 11) is -3.89. The van der Waals surface area contributed by atoms with Gasteiger partial charge in [-0.1, -0.05) is 6.07 Å². The molecule has 6 nitrogen and oxygen atoms in total. The van der Waals surface area contributed by atoms with E-state index in [9.17, 15) is 13.2 Å². The molecular formula is C12H18N2O4S. The van der Waals surface area contributed by atoms with Gasteiger partial charge in [0.05, 0.1) is 0 Å². The Bertz CT molecular complexity index is 528. The Labute approximate surface area is 113 Å². The summed E-state index contributed by atoms with van der Waals surface area (Å²) in [4.78, 5) is 14.8. The summed E-state index contributed by atoms with van der Waals surface area (Å²) in [6.07, 6.45) is 3.16. The smallest absolute Gasteiger partial charge is 0.323 e. The number of carboxylic acids is 1. The largest absolute Gasteiger partial charge is 0.480 e. The Morgan fingerprint density at radius 3 is 2.47 bits per heavy atom. The fourth-order valence-electron chi connectivity index (χ4n) is 1.57. The number of rotatable bonds is 6. The molecule has 1 unspecified atom stereocenters. The first-order valence-electron chi connectivity index (χ1n) is 5.89. The molecule has 106 valence electrons. The molecule has 1 aromatic rings. The number of hydrogen-bond acceptors (Lipinski definition) is 4. The van der Waals surface area contributed by atoms with Crippen molar-refractivity contribution in [3.05, 3.63) is 30.1 Å². The third-order valence-corrected chi connectivity index (χ3v) is 5.06. The lowest BCUT2D eigenvalue weighted by Gasteiger charge is -2.27. The van der Waals surface area contributed by atoms with E-state index in [-0.39, 0.29) is 12.6 Å². The van der Waals surface area contributed by atoms with Crippen molar-refractivity contribution in [1.82, 2.24) is 9.29 Å². The first-order valence-corrected chi connectivity index (χ1v) is 7.39. The zero-order chi connectivity index (χ0) is 14.6. The van der Waals surface area contributed by atoms with Crippen LogP contribution in [-0.2, 0) is 21.4 Å². The SMILES string of the molecule is CC(C)N(Cc1cccnc1)S(=O)(=O)C(C)C(=O)O. The second-order valence-electron chi connectivity index (χ2n) is 4.53. The maximum atomic E-state index is 12.2. The molecule has 0 fully saturated rings. The molecule has 7 heteroatoms. The third kappa shape index (κ3) is 3.74. The third-order valence-electron chi connectivity index (χ3n) is 2.76. The van der Waals surface area contributed by atoms with Gasteiger partial charge in [0.2, 0.25) is 10.0 Å². The maximum absolute atomic E-state index is 12.2. The molecule has 0 aliphatic carbocycles. The van der Waals surface area contributed by atoms with Crippen LogP contribution in [0.1, 0.15) is 26.3 Å². The predicted molar refractivity (Wildman–Crippen MR) is 70.9 cm³/mol. The van der Waals surface area contributed by atoms with Crippen LogP contribution in [0.2, 0.25) is 0 Å². The van der Waals surface area contributed by atoms with Crippen molar-refractivity contribution in [3.63, 3.8) is 0 Å². The number of aromatic nitrogens is 1. The van der Waals surface area contributed by atoms with Crippen LogP contribution in [0.5, 0.6) is 0 Å². The second kappa shape index (κ2) is 6.12. The maximum Gasteiger partial charge on any atom is 0.323 e. The highest BCUT2D eigenvalue weighted by Crippen LogP contribution is 2.17. The molecule has 0 radical (unpaired) electrons. The van der Waals surface area contributed by atoms with Gasteiger partial charge >= 0.3 is 5.97 Å². The summed E-state index contributed by atoms with van der Waals surface area (Å²) in [6, 6.07) is 3.14. The Morgan fingerprint density at radius 1 is 1.42 bits per heavy atom. The molecule has 19 heavy (non-hydrogen) atoms. The lowest BCUT2D eigenvalue weighted by atomic mass is 10.2. The quantitative estimate of drug-likeness (QED) is 0.846. The average Bonchev–Trinajstić information content (AvgIpc) is 2.35. The van der Waals surface area contributed by atoms with Gasteiger partial charge in [-0.2, -0.15) is 4.31 Å².